The number of carbonyl (C=O) groups excluding carboxylic acids is 1. The van der Waals surface area contributed by atoms with Crippen molar-refractivity contribution in [2.24, 2.45) is 29.6 Å². The zero-order valence-corrected chi connectivity index (χ0v) is 18.7. The Bertz CT molecular complexity index is 1140. The van der Waals surface area contributed by atoms with Crippen LogP contribution in [0.4, 0.5) is 0 Å². The molecule has 0 spiro atoms. The van der Waals surface area contributed by atoms with E-state index >= 15 is 0 Å². The van der Waals surface area contributed by atoms with E-state index in [1.807, 2.05) is 13.8 Å². The van der Waals surface area contributed by atoms with Crippen LogP contribution in [0.3, 0.4) is 0 Å². The van der Waals surface area contributed by atoms with Crippen molar-refractivity contribution in [1.29, 1.82) is 0 Å². The molecule has 5 rings (SSSR count). The van der Waals surface area contributed by atoms with E-state index in [0.717, 1.165) is 17.9 Å². The second-order valence-electron chi connectivity index (χ2n) is 10.3. The molecule has 5 unspecified atom stereocenters. The number of rotatable bonds is 3. The summed E-state index contributed by atoms with van der Waals surface area (Å²) in [6.45, 7) is 10.9. The second kappa shape index (κ2) is 6.83. The van der Waals surface area contributed by atoms with Crippen LogP contribution >= 0.6 is 0 Å². The van der Waals surface area contributed by atoms with Gasteiger partial charge in [0.1, 0.15) is 5.60 Å². The van der Waals surface area contributed by atoms with Crippen LogP contribution in [0.25, 0.3) is 21.5 Å². The van der Waals surface area contributed by atoms with Gasteiger partial charge in [0.25, 0.3) is 0 Å². The van der Waals surface area contributed by atoms with E-state index in [2.05, 4.69) is 69.3 Å². The van der Waals surface area contributed by atoms with Crippen LogP contribution < -0.4 is 0 Å². The van der Waals surface area contributed by atoms with Crippen molar-refractivity contribution in [2.75, 3.05) is 0 Å². The van der Waals surface area contributed by atoms with Crippen molar-refractivity contribution >= 4 is 27.5 Å². The highest BCUT2D eigenvalue weighted by Gasteiger charge is 2.52. The molecule has 3 aromatic rings. The van der Waals surface area contributed by atoms with Gasteiger partial charge in [0.15, 0.2) is 0 Å². The van der Waals surface area contributed by atoms with E-state index in [0.29, 0.717) is 17.8 Å². The Morgan fingerprint density at radius 1 is 0.967 bits per heavy atom. The van der Waals surface area contributed by atoms with Crippen molar-refractivity contribution in [3.63, 3.8) is 0 Å². The van der Waals surface area contributed by atoms with Gasteiger partial charge < -0.3 is 4.74 Å². The van der Waals surface area contributed by atoms with Crippen molar-refractivity contribution in [2.45, 2.75) is 53.1 Å². The first kappa shape index (κ1) is 19.6. The zero-order valence-electron chi connectivity index (χ0n) is 18.7. The normalized spacial score (nSPS) is 28.4. The Labute approximate surface area is 179 Å². The highest BCUT2D eigenvalue weighted by Crippen LogP contribution is 2.55. The van der Waals surface area contributed by atoms with E-state index in [-0.39, 0.29) is 11.9 Å². The third-order valence-electron chi connectivity index (χ3n) is 8.32. The van der Waals surface area contributed by atoms with Gasteiger partial charge >= 0.3 is 5.97 Å². The molecule has 0 N–H and O–H groups in total. The smallest absolute Gasteiger partial charge is 0.310 e. The summed E-state index contributed by atoms with van der Waals surface area (Å²) in [6.07, 6.45) is 2.21. The molecular weight excluding hydrogens is 368 g/mol. The third kappa shape index (κ3) is 2.95. The summed E-state index contributed by atoms with van der Waals surface area (Å²) in [5.41, 5.74) is 1.71. The van der Waals surface area contributed by atoms with Gasteiger partial charge in [0, 0.05) is 0 Å². The number of benzene rings is 3. The first-order valence-electron chi connectivity index (χ1n) is 11.4. The van der Waals surface area contributed by atoms with E-state index in [1.165, 1.54) is 33.5 Å². The molecule has 5 atom stereocenters. The quantitative estimate of drug-likeness (QED) is 0.349. The summed E-state index contributed by atoms with van der Waals surface area (Å²) in [6, 6.07) is 17.3. The van der Waals surface area contributed by atoms with Crippen molar-refractivity contribution in [1.82, 2.24) is 0 Å². The van der Waals surface area contributed by atoms with E-state index in [9.17, 15) is 4.79 Å². The van der Waals surface area contributed by atoms with E-state index < -0.39 is 5.60 Å². The van der Waals surface area contributed by atoms with Crippen LogP contribution in [0.5, 0.6) is 0 Å². The van der Waals surface area contributed by atoms with Gasteiger partial charge in [0.2, 0.25) is 0 Å². The Morgan fingerprint density at radius 2 is 1.73 bits per heavy atom. The Balaban J connectivity index is 1.43. The van der Waals surface area contributed by atoms with Gasteiger partial charge in [-0.3, -0.25) is 4.79 Å². The maximum absolute atomic E-state index is 13.1. The molecule has 0 heterocycles. The van der Waals surface area contributed by atoms with E-state index in [4.69, 9.17) is 4.74 Å². The molecule has 2 aliphatic carbocycles. The summed E-state index contributed by atoms with van der Waals surface area (Å²) in [4.78, 5) is 13.1. The van der Waals surface area contributed by atoms with Gasteiger partial charge in [0.05, 0.1) is 5.92 Å². The molecule has 0 aliphatic heterocycles. The monoisotopic (exact) mass is 400 g/mol. The predicted octanol–water partition coefficient (Wildman–Crippen LogP) is 7.01. The third-order valence-corrected chi connectivity index (χ3v) is 8.32. The summed E-state index contributed by atoms with van der Waals surface area (Å²) in [5.74, 6) is 2.64. The average Bonchev–Trinajstić information content (AvgIpc) is 3.27. The molecule has 30 heavy (non-hydrogen) atoms. The molecule has 0 saturated heterocycles. The minimum absolute atomic E-state index is 0.000651. The number of fused-ring (bicyclic) bond motifs is 5. The zero-order chi connectivity index (χ0) is 21.2. The molecule has 0 amide bonds. The fourth-order valence-electron chi connectivity index (χ4n) is 6.28. The topological polar surface area (TPSA) is 26.3 Å². The van der Waals surface area contributed by atoms with Gasteiger partial charge in [-0.1, -0.05) is 56.3 Å². The number of aryl methyl sites for hydroxylation is 1. The molecule has 0 radical (unpaired) electrons. The molecule has 2 heteroatoms. The fraction of sp³-hybridized carbons (Fsp3) is 0.464. The fourth-order valence-corrected chi connectivity index (χ4v) is 6.28. The van der Waals surface area contributed by atoms with Crippen molar-refractivity contribution < 1.29 is 9.53 Å². The first-order valence-corrected chi connectivity index (χ1v) is 11.4. The number of esters is 1. The summed E-state index contributed by atoms with van der Waals surface area (Å²) in [7, 11) is 0. The van der Waals surface area contributed by atoms with Gasteiger partial charge in [-0.2, -0.15) is 0 Å². The lowest BCUT2D eigenvalue weighted by atomic mass is 9.75. The van der Waals surface area contributed by atoms with Gasteiger partial charge in [-0.15, -0.1) is 0 Å². The molecule has 3 aromatic carbocycles. The van der Waals surface area contributed by atoms with Crippen molar-refractivity contribution in [3.8, 4) is 0 Å². The largest absolute Gasteiger partial charge is 0.455 e. The molecule has 2 fully saturated rings. The minimum atomic E-state index is -0.636. The van der Waals surface area contributed by atoms with Crippen LogP contribution in [-0.2, 0) is 15.1 Å². The van der Waals surface area contributed by atoms with Gasteiger partial charge in [-0.25, -0.2) is 0 Å². The lowest BCUT2D eigenvalue weighted by molar-refractivity contribution is -0.165. The van der Waals surface area contributed by atoms with Crippen LogP contribution in [0.2, 0.25) is 0 Å². The minimum Gasteiger partial charge on any atom is -0.455 e. The second-order valence-corrected chi connectivity index (χ2v) is 10.3. The Kier molecular flexibility index (Phi) is 4.47. The van der Waals surface area contributed by atoms with Crippen molar-refractivity contribution in [3.05, 3.63) is 59.7 Å². The number of carbonyl (C=O) groups is 1. The summed E-state index contributed by atoms with van der Waals surface area (Å²) in [5, 5.41) is 5.02. The SMILES string of the molecule is Cc1cccc2ccc3cc(C(C)(C)OC(=O)C4CC5CC4C(C)C5C)ccc3c12. The standard InChI is InChI=1S/C28H32O2/c1-16-7-6-8-19-9-10-20-13-22(11-12-23(20)26(16)19)28(4,5)30-27(29)25-15-21-14-24(25)18(3)17(21)2/h6-13,17-18,21,24-25H,14-15H2,1-5H3. The molecular formula is C28H32O2. The number of ether oxygens (including phenoxy) is 1. The molecule has 2 aliphatic rings. The highest BCUT2D eigenvalue weighted by molar-refractivity contribution is 6.09. The van der Waals surface area contributed by atoms with Crippen LogP contribution in [0, 0.1) is 36.5 Å². The average molecular weight is 401 g/mol. The lowest BCUT2D eigenvalue weighted by Gasteiger charge is -2.33. The van der Waals surface area contributed by atoms with E-state index in [1.54, 1.807) is 0 Å². The summed E-state index contributed by atoms with van der Waals surface area (Å²) < 4.78 is 6.17. The highest BCUT2D eigenvalue weighted by atomic mass is 16.6. The number of hydrogen-bond acceptors (Lipinski definition) is 2. The summed E-state index contributed by atoms with van der Waals surface area (Å²) >= 11 is 0. The maximum Gasteiger partial charge on any atom is 0.310 e. The molecule has 2 saturated carbocycles. The van der Waals surface area contributed by atoms with Gasteiger partial charge in [-0.05, 0) is 96.0 Å². The first-order chi connectivity index (χ1) is 14.3. The molecule has 0 aromatic heterocycles. The predicted molar refractivity (Wildman–Crippen MR) is 123 cm³/mol. The maximum atomic E-state index is 13.1. The van der Waals surface area contributed by atoms with Crippen LogP contribution in [-0.4, -0.2) is 5.97 Å². The molecule has 2 nitrogen and oxygen atoms in total. The Morgan fingerprint density at radius 3 is 2.47 bits per heavy atom. The van der Waals surface area contributed by atoms with Crippen LogP contribution in [0.1, 0.15) is 51.7 Å². The molecule has 156 valence electrons. The van der Waals surface area contributed by atoms with Crippen LogP contribution in [0.15, 0.2) is 48.5 Å². The Hall–Kier alpha value is -2.35. The number of hydrogen-bond donors (Lipinski definition) is 0. The lowest BCUT2D eigenvalue weighted by Crippen LogP contribution is -2.35. The molecule has 2 bridgehead atoms.